The van der Waals surface area contributed by atoms with Gasteiger partial charge in [-0.15, -0.1) is 11.6 Å². The lowest BCUT2D eigenvalue weighted by molar-refractivity contribution is 0.298. The van der Waals surface area contributed by atoms with Crippen molar-refractivity contribution in [2.45, 2.75) is 12.5 Å². The van der Waals surface area contributed by atoms with Crippen LogP contribution in [-0.2, 0) is 12.5 Å². The van der Waals surface area contributed by atoms with E-state index in [1.807, 2.05) is 0 Å². The molecule has 2 rings (SSSR count). The van der Waals surface area contributed by atoms with Crippen molar-refractivity contribution in [2.24, 2.45) is 0 Å². The summed E-state index contributed by atoms with van der Waals surface area (Å²) in [6.45, 7) is -0.00235. The molecule has 0 radical (unpaired) electrons. The highest BCUT2D eigenvalue weighted by Gasteiger charge is 2.12. The molecule has 0 saturated heterocycles. The Labute approximate surface area is 136 Å². The number of hydrogen-bond donors (Lipinski definition) is 0. The number of halogens is 5. The second-order valence-corrected chi connectivity index (χ2v) is 5.53. The van der Waals surface area contributed by atoms with Crippen LogP contribution in [0.25, 0.3) is 0 Å². The smallest absolute Gasteiger partial charge is 0.148 e. The van der Waals surface area contributed by atoms with Gasteiger partial charge in [-0.1, -0.05) is 46.9 Å². The van der Waals surface area contributed by atoms with E-state index in [-0.39, 0.29) is 17.5 Å². The molecule has 0 fully saturated rings. The van der Waals surface area contributed by atoms with Crippen LogP contribution < -0.4 is 4.74 Å². The summed E-state index contributed by atoms with van der Waals surface area (Å²) in [5.74, 6) is 0.0744. The van der Waals surface area contributed by atoms with Gasteiger partial charge in [-0.2, -0.15) is 0 Å². The number of benzene rings is 2. The summed E-state index contributed by atoms with van der Waals surface area (Å²) in [5.41, 5.74) is 0.982. The minimum atomic E-state index is -0.508. The largest absolute Gasteiger partial charge is 0.487 e. The molecule has 0 amide bonds. The third-order valence-electron chi connectivity index (χ3n) is 2.63. The van der Waals surface area contributed by atoms with Crippen molar-refractivity contribution < 1.29 is 9.13 Å². The molecule has 0 saturated carbocycles. The molecular formula is C14H9Cl4FO. The van der Waals surface area contributed by atoms with Gasteiger partial charge in [0.1, 0.15) is 18.2 Å². The van der Waals surface area contributed by atoms with Crippen LogP contribution in [0, 0.1) is 5.82 Å². The van der Waals surface area contributed by atoms with Crippen molar-refractivity contribution in [3.63, 3.8) is 0 Å². The first-order valence-corrected chi connectivity index (χ1v) is 7.29. The molecule has 0 spiro atoms. The topological polar surface area (TPSA) is 9.23 Å². The Bertz CT molecular complexity index is 631. The van der Waals surface area contributed by atoms with Crippen molar-refractivity contribution in [3.05, 3.63) is 62.3 Å². The molecule has 0 aliphatic carbocycles. The maximum absolute atomic E-state index is 13.8. The van der Waals surface area contributed by atoms with Gasteiger partial charge in [0.15, 0.2) is 0 Å². The van der Waals surface area contributed by atoms with Crippen LogP contribution in [0.5, 0.6) is 5.75 Å². The Morgan fingerprint density at radius 3 is 2.45 bits per heavy atom. The molecule has 20 heavy (non-hydrogen) atoms. The van der Waals surface area contributed by atoms with E-state index < -0.39 is 5.82 Å². The highest BCUT2D eigenvalue weighted by atomic mass is 35.5. The fourth-order valence-corrected chi connectivity index (χ4v) is 2.67. The van der Waals surface area contributed by atoms with Crippen LogP contribution in [0.15, 0.2) is 30.3 Å². The number of hydrogen-bond acceptors (Lipinski definition) is 1. The Hall–Kier alpha value is -0.670. The Morgan fingerprint density at radius 2 is 1.75 bits per heavy atom. The molecule has 1 nitrogen and oxygen atoms in total. The number of rotatable bonds is 4. The summed E-state index contributed by atoms with van der Waals surface area (Å²) in [5, 5.41) is 0.841. The van der Waals surface area contributed by atoms with E-state index >= 15 is 0 Å². The van der Waals surface area contributed by atoms with Gasteiger partial charge in [-0.05, 0) is 18.2 Å². The molecule has 0 aromatic heterocycles. The molecule has 0 heterocycles. The van der Waals surface area contributed by atoms with Gasteiger partial charge < -0.3 is 4.74 Å². The van der Waals surface area contributed by atoms with Gasteiger partial charge in [0.2, 0.25) is 0 Å². The predicted octanol–water partition coefficient (Wildman–Crippen LogP) is 6.10. The number of alkyl halides is 1. The Balaban J connectivity index is 2.25. The van der Waals surface area contributed by atoms with Gasteiger partial charge in [0.05, 0.1) is 15.9 Å². The van der Waals surface area contributed by atoms with Crippen LogP contribution in [0.2, 0.25) is 15.1 Å². The molecule has 106 valence electrons. The lowest BCUT2D eigenvalue weighted by atomic mass is 10.2. The minimum Gasteiger partial charge on any atom is -0.487 e. The first-order chi connectivity index (χ1) is 9.52. The lowest BCUT2D eigenvalue weighted by Gasteiger charge is -2.13. The summed E-state index contributed by atoms with van der Waals surface area (Å²) < 4.78 is 19.3. The average Bonchev–Trinajstić information content (AvgIpc) is 2.41. The fourth-order valence-electron chi connectivity index (χ4n) is 1.68. The summed E-state index contributed by atoms with van der Waals surface area (Å²) in [6.07, 6.45) is 0. The molecule has 0 N–H and O–H groups in total. The highest BCUT2D eigenvalue weighted by molar-refractivity contribution is 6.36. The van der Waals surface area contributed by atoms with Crippen LogP contribution in [0.3, 0.4) is 0 Å². The third kappa shape index (κ3) is 3.50. The lowest BCUT2D eigenvalue weighted by Crippen LogP contribution is -2.01. The monoisotopic (exact) mass is 352 g/mol. The van der Waals surface area contributed by atoms with Crippen LogP contribution in [-0.4, -0.2) is 0 Å². The van der Waals surface area contributed by atoms with E-state index in [1.165, 1.54) is 6.07 Å². The second-order valence-electron chi connectivity index (χ2n) is 4.01. The van der Waals surface area contributed by atoms with E-state index in [9.17, 15) is 4.39 Å². The molecule has 0 aliphatic rings. The van der Waals surface area contributed by atoms with Crippen LogP contribution in [0.4, 0.5) is 4.39 Å². The van der Waals surface area contributed by atoms with E-state index in [1.54, 1.807) is 24.3 Å². The van der Waals surface area contributed by atoms with Gasteiger partial charge in [-0.25, -0.2) is 4.39 Å². The van der Waals surface area contributed by atoms with Crippen molar-refractivity contribution in [2.75, 3.05) is 0 Å². The second kappa shape index (κ2) is 6.86. The molecule has 6 heteroatoms. The standard InChI is InChI=1S/C14H9Cl4FO/c15-6-9-4-10(16)5-12(18)14(9)20-7-8-2-1-3-11(17)13(8)19/h1-5H,6-7H2. The third-order valence-corrected chi connectivity index (χ3v) is 3.71. The van der Waals surface area contributed by atoms with Gasteiger partial charge in [0.25, 0.3) is 0 Å². The minimum absolute atomic E-state index is 0.00235. The summed E-state index contributed by atoms with van der Waals surface area (Å²) in [4.78, 5) is 0. The normalized spacial score (nSPS) is 10.7. The molecule has 0 aliphatic heterocycles. The molecule has 2 aromatic carbocycles. The highest BCUT2D eigenvalue weighted by Crippen LogP contribution is 2.34. The quantitative estimate of drug-likeness (QED) is 0.603. The van der Waals surface area contributed by atoms with Crippen LogP contribution in [0.1, 0.15) is 11.1 Å². The summed E-state index contributed by atoms with van der Waals surface area (Å²) in [6, 6.07) is 7.91. The van der Waals surface area contributed by atoms with Gasteiger partial charge in [0, 0.05) is 16.1 Å². The first kappa shape index (κ1) is 15.7. The maximum atomic E-state index is 13.8. The average molecular weight is 354 g/mol. The van der Waals surface area contributed by atoms with E-state index in [4.69, 9.17) is 51.1 Å². The zero-order valence-corrected chi connectivity index (χ0v) is 13.1. The summed E-state index contributed by atoms with van der Waals surface area (Å²) in [7, 11) is 0. The van der Waals surface area contributed by atoms with Crippen molar-refractivity contribution >= 4 is 46.4 Å². The molecule has 0 atom stereocenters. The Kier molecular flexibility index (Phi) is 5.39. The van der Waals surface area contributed by atoms with Crippen molar-refractivity contribution in [1.82, 2.24) is 0 Å². The van der Waals surface area contributed by atoms with E-state index in [0.29, 0.717) is 26.9 Å². The zero-order valence-electron chi connectivity index (χ0n) is 10.1. The first-order valence-electron chi connectivity index (χ1n) is 5.62. The van der Waals surface area contributed by atoms with Gasteiger partial charge in [-0.3, -0.25) is 0 Å². The molecule has 0 unspecified atom stereocenters. The SMILES string of the molecule is Fc1c(Cl)cccc1COc1c(Cl)cc(Cl)cc1CCl. The van der Waals surface area contributed by atoms with E-state index in [2.05, 4.69) is 0 Å². The summed E-state index contributed by atoms with van der Waals surface area (Å²) >= 11 is 23.5. The Morgan fingerprint density at radius 1 is 1.00 bits per heavy atom. The van der Waals surface area contributed by atoms with Crippen molar-refractivity contribution in [3.8, 4) is 5.75 Å². The zero-order chi connectivity index (χ0) is 14.7. The van der Waals surface area contributed by atoms with E-state index in [0.717, 1.165) is 0 Å². The fraction of sp³-hybridized carbons (Fsp3) is 0.143. The van der Waals surface area contributed by atoms with Crippen LogP contribution >= 0.6 is 46.4 Å². The molecule has 2 aromatic rings. The predicted molar refractivity (Wildman–Crippen MR) is 81.8 cm³/mol. The number of ether oxygens (including phenoxy) is 1. The van der Waals surface area contributed by atoms with Crippen molar-refractivity contribution in [1.29, 1.82) is 0 Å². The molecule has 0 bridgehead atoms. The maximum Gasteiger partial charge on any atom is 0.148 e. The van der Waals surface area contributed by atoms with Gasteiger partial charge >= 0.3 is 0 Å². The molecular weight excluding hydrogens is 345 g/mol.